The Morgan fingerprint density at radius 2 is 2.22 bits per heavy atom. The number of nitrogens with zero attached hydrogens (tertiary/aromatic N) is 1. The van der Waals surface area contributed by atoms with Gasteiger partial charge >= 0.3 is 0 Å². The summed E-state index contributed by atoms with van der Waals surface area (Å²) in [5, 5.41) is 18.6. The minimum Gasteiger partial charge on any atom is -0.386 e. The number of carbonyl (C=O) groups is 1. The van der Waals surface area contributed by atoms with Crippen LogP contribution in [0.2, 0.25) is 0 Å². The molecule has 0 bridgehead atoms. The molecule has 0 aromatic heterocycles. The number of hydrogen-bond acceptors (Lipinski definition) is 5. The Balaban J connectivity index is 2.99. The lowest BCUT2D eigenvalue weighted by Gasteiger charge is -2.16. The van der Waals surface area contributed by atoms with Crippen molar-refractivity contribution < 1.29 is 15.1 Å². The van der Waals surface area contributed by atoms with Gasteiger partial charge in [0.15, 0.2) is 0 Å². The normalized spacial score (nSPS) is 12.0. The lowest BCUT2D eigenvalue weighted by Crippen LogP contribution is -2.29. The zero-order valence-electron chi connectivity index (χ0n) is 9.91. The van der Waals surface area contributed by atoms with Crippen LogP contribution < -0.4 is 5.06 Å². The monoisotopic (exact) mass is 285 g/mol. The first-order valence-corrected chi connectivity index (χ1v) is 6.38. The molecule has 1 aromatic rings. The number of amides is 1. The van der Waals surface area contributed by atoms with E-state index in [-0.39, 0.29) is 10.9 Å². The van der Waals surface area contributed by atoms with Gasteiger partial charge in [-0.05, 0) is 24.1 Å². The molecule has 0 saturated heterocycles. The van der Waals surface area contributed by atoms with Crippen molar-refractivity contribution in [3.05, 3.63) is 29.8 Å². The molecule has 0 aliphatic heterocycles. The third kappa shape index (κ3) is 3.52. The SMILES string of the molecule is CCC(S)C(=S)c1cccc(N(O)C(=O)CO)c1. The van der Waals surface area contributed by atoms with E-state index in [9.17, 15) is 10.0 Å². The van der Waals surface area contributed by atoms with Crippen LogP contribution in [0.3, 0.4) is 0 Å². The molecule has 0 aliphatic rings. The van der Waals surface area contributed by atoms with Crippen molar-refractivity contribution in [3.63, 3.8) is 0 Å². The number of rotatable bonds is 5. The highest BCUT2D eigenvalue weighted by Crippen LogP contribution is 2.19. The van der Waals surface area contributed by atoms with Gasteiger partial charge in [0.05, 0.1) is 5.69 Å². The zero-order chi connectivity index (χ0) is 13.7. The summed E-state index contributed by atoms with van der Waals surface area (Å²) in [5.74, 6) is -0.795. The Morgan fingerprint density at radius 3 is 2.78 bits per heavy atom. The number of hydrogen-bond donors (Lipinski definition) is 3. The van der Waals surface area contributed by atoms with Gasteiger partial charge < -0.3 is 5.11 Å². The lowest BCUT2D eigenvalue weighted by molar-refractivity contribution is -0.126. The average molecular weight is 285 g/mol. The van der Waals surface area contributed by atoms with Crippen molar-refractivity contribution in [1.82, 2.24) is 0 Å². The quantitative estimate of drug-likeness (QED) is 0.254. The predicted octanol–water partition coefficient (Wildman–Crippen LogP) is 1.83. The maximum Gasteiger partial charge on any atom is 0.276 e. The van der Waals surface area contributed by atoms with E-state index in [1.54, 1.807) is 24.3 Å². The number of thiocarbonyl (C=S) groups is 1. The number of aliphatic hydroxyl groups excluding tert-OH is 1. The van der Waals surface area contributed by atoms with Gasteiger partial charge in [-0.25, -0.2) is 0 Å². The number of hydroxylamine groups is 1. The fraction of sp³-hybridized carbons (Fsp3) is 0.333. The zero-order valence-corrected chi connectivity index (χ0v) is 11.6. The van der Waals surface area contributed by atoms with Crippen molar-refractivity contribution in [1.29, 1.82) is 0 Å². The van der Waals surface area contributed by atoms with E-state index in [1.807, 2.05) is 6.92 Å². The van der Waals surface area contributed by atoms with Crippen molar-refractivity contribution in [2.75, 3.05) is 11.7 Å². The number of carbonyl (C=O) groups excluding carboxylic acids is 1. The second-order valence-electron chi connectivity index (χ2n) is 3.70. The van der Waals surface area contributed by atoms with Crippen molar-refractivity contribution in [2.45, 2.75) is 18.6 Å². The van der Waals surface area contributed by atoms with Crippen LogP contribution in [-0.4, -0.2) is 32.9 Å². The number of anilines is 1. The van der Waals surface area contributed by atoms with Gasteiger partial charge in [-0.15, -0.1) is 0 Å². The maximum atomic E-state index is 11.2. The minimum atomic E-state index is -0.795. The van der Waals surface area contributed by atoms with E-state index >= 15 is 0 Å². The summed E-state index contributed by atoms with van der Waals surface area (Å²) >= 11 is 9.63. The van der Waals surface area contributed by atoms with Crippen LogP contribution in [0.1, 0.15) is 18.9 Å². The molecule has 2 N–H and O–H groups in total. The predicted molar refractivity (Wildman–Crippen MR) is 77.6 cm³/mol. The van der Waals surface area contributed by atoms with Gasteiger partial charge in [-0.2, -0.15) is 17.7 Å². The summed E-state index contributed by atoms with van der Waals surface area (Å²) in [6, 6.07) is 6.62. The first kappa shape index (κ1) is 15.1. The Hall–Kier alpha value is -0.950. The smallest absolute Gasteiger partial charge is 0.276 e. The molecule has 18 heavy (non-hydrogen) atoms. The topological polar surface area (TPSA) is 60.8 Å². The number of benzene rings is 1. The summed E-state index contributed by atoms with van der Waals surface area (Å²) in [6.07, 6.45) is 0.796. The highest BCUT2D eigenvalue weighted by molar-refractivity contribution is 7.87. The van der Waals surface area contributed by atoms with E-state index in [0.29, 0.717) is 9.93 Å². The summed E-state index contributed by atoms with van der Waals surface area (Å²) in [7, 11) is 0. The molecule has 1 rings (SSSR count). The molecule has 1 unspecified atom stereocenters. The summed E-state index contributed by atoms with van der Waals surface area (Å²) in [5.41, 5.74) is 1.000. The molecule has 0 heterocycles. The fourth-order valence-electron chi connectivity index (χ4n) is 1.38. The van der Waals surface area contributed by atoms with Crippen molar-refractivity contribution in [2.24, 2.45) is 0 Å². The van der Waals surface area contributed by atoms with Crippen LogP contribution in [0.4, 0.5) is 5.69 Å². The molecular formula is C12H15NO3S2. The average Bonchev–Trinajstić information content (AvgIpc) is 2.43. The highest BCUT2D eigenvalue weighted by Gasteiger charge is 2.15. The first-order chi connectivity index (χ1) is 8.51. The van der Waals surface area contributed by atoms with Crippen molar-refractivity contribution >= 4 is 41.3 Å². The van der Waals surface area contributed by atoms with Crippen LogP contribution >= 0.6 is 24.8 Å². The van der Waals surface area contributed by atoms with Crippen LogP contribution in [0.5, 0.6) is 0 Å². The van der Waals surface area contributed by atoms with Crippen LogP contribution in [0.15, 0.2) is 24.3 Å². The number of thiol groups is 1. The van der Waals surface area contributed by atoms with E-state index in [0.717, 1.165) is 12.0 Å². The number of aliphatic hydroxyl groups is 1. The lowest BCUT2D eigenvalue weighted by atomic mass is 10.1. The third-order valence-electron chi connectivity index (χ3n) is 2.44. The van der Waals surface area contributed by atoms with Gasteiger partial charge in [0.2, 0.25) is 0 Å². The van der Waals surface area contributed by atoms with E-state index < -0.39 is 12.5 Å². The highest BCUT2D eigenvalue weighted by atomic mass is 32.1. The molecule has 1 amide bonds. The molecule has 1 aromatic carbocycles. The molecule has 0 radical (unpaired) electrons. The molecule has 6 heteroatoms. The van der Waals surface area contributed by atoms with Crippen LogP contribution in [0.25, 0.3) is 0 Å². The van der Waals surface area contributed by atoms with E-state index in [2.05, 4.69) is 12.6 Å². The minimum absolute atomic E-state index is 0.0454. The van der Waals surface area contributed by atoms with Gasteiger partial charge in [-0.1, -0.05) is 31.3 Å². The van der Waals surface area contributed by atoms with Crippen molar-refractivity contribution in [3.8, 4) is 0 Å². The molecule has 0 aliphatic carbocycles. The van der Waals surface area contributed by atoms with Crippen LogP contribution in [0, 0.1) is 0 Å². The molecule has 0 fully saturated rings. The standard InChI is InChI=1S/C12H15NO3S2/c1-2-10(17)12(18)8-4-3-5-9(6-8)13(16)11(15)7-14/h3-6,10,14,16-17H,2,7H2,1H3. The van der Waals surface area contributed by atoms with E-state index in [4.69, 9.17) is 17.3 Å². The second kappa shape index (κ2) is 6.84. The molecular weight excluding hydrogens is 270 g/mol. The fourth-order valence-corrected chi connectivity index (χ4v) is 1.82. The summed E-state index contributed by atoms with van der Waals surface area (Å²) < 4.78 is 0. The van der Waals surface area contributed by atoms with Gasteiger partial charge in [0.25, 0.3) is 5.91 Å². The van der Waals surface area contributed by atoms with Crippen LogP contribution in [-0.2, 0) is 4.79 Å². The first-order valence-electron chi connectivity index (χ1n) is 5.46. The van der Waals surface area contributed by atoms with Gasteiger partial charge in [-0.3, -0.25) is 10.0 Å². The maximum absolute atomic E-state index is 11.2. The van der Waals surface area contributed by atoms with Gasteiger partial charge in [0.1, 0.15) is 6.61 Å². The molecule has 0 saturated carbocycles. The largest absolute Gasteiger partial charge is 0.386 e. The summed E-state index contributed by atoms with van der Waals surface area (Å²) in [6.45, 7) is 1.22. The second-order valence-corrected chi connectivity index (χ2v) is 4.77. The molecule has 98 valence electrons. The molecule has 1 atom stereocenters. The molecule has 0 spiro atoms. The Bertz CT molecular complexity index is 451. The Labute approximate surface area is 117 Å². The summed E-state index contributed by atoms with van der Waals surface area (Å²) in [4.78, 5) is 11.8. The third-order valence-corrected chi connectivity index (χ3v) is 3.75. The Kier molecular flexibility index (Phi) is 5.74. The van der Waals surface area contributed by atoms with Gasteiger partial charge in [0, 0.05) is 10.1 Å². The Morgan fingerprint density at radius 1 is 1.56 bits per heavy atom. The van der Waals surface area contributed by atoms with E-state index in [1.165, 1.54) is 0 Å². The molecule has 4 nitrogen and oxygen atoms in total.